The quantitative estimate of drug-likeness (QED) is 0.577. The van der Waals surface area contributed by atoms with Gasteiger partial charge in [-0.3, -0.25) is 19.8 Å². The molecule has 2 aliphatic rings. The van der Waals surface area contributed by atoms with Crippen LogP contribution < -0.4 is 16.0 Å². The molecule has 0 saturated carbocycles. The van der Waals surface area contributed by atoms with Gasteiger partial charge in [-0.2, -0.15) is 0 Å². The van der Waals surface area contributed by atoms with Gasteiger partial charge in [-0.05, 0) is 30.2 Å². The largest absolute Gasteiger partial charge is 0.388 e. The molecule has 0 bridgehead atoms. The number of aliphatic hydroxyl groups is 1. The molecule has 4 N–H and O–H groups in total. The van der Waals surface area contributed by atoms with Crippen molar-refractivity contribution in [2.45, 2.75) is 38.2 Å². The molecular weight excluding hydrogens is 375 g/mol. The predicted octanol–water partition coefficient (Wildman–Crippen LogP) is 2.09. The molecule has 2 aliphatic heterocycles. The van der Waals surface area contributed by atoms with Crippen molar-refractivity contribution in [2.24, 2.45) is 0 Å². The summed E-state index contributed by atoms with van der Waals surface area (Å²) in [6.45, 7) is 0.661. The summed E-state index contributed by atoms with van der Waals surface area (Å²) in [5, 5.41) is 19.2. The number of hydrogen-bond acceptors (Lipinski definition) is 6. The maximum absolute atomic E-state index is 14.3. The van der Waals surface area contributed by atoms with Gasteiger partial charge in [-0.15, -0.1) is 0 Å². The molecule has 4 rings (SSSR count). The van der Waals surface area contributed by atoms with Crippen molar-refractivity contribution < 1.29 is 19.1 Å². The van der Waals surface area contributed by atoms with Gasteiger partial charge in [0.2, 0.25) is 11.8 Å². The molecule has 0 aromatic heterocycles. The molecule has 29 heavy (non-hydrogen) atoms. The molecule has 2 unspecified atom stereocenters. The second kappa shape index (κ2) is 7.81. The number of anilines is 2. The minimum atomic E-state index is -0.928. The van der Waals surface area contributed by atoms with Crippen LogP contribution in [0.3, 0.4) is 0 Å². The number of halogens is 1. The predicted molar refractivity (Wildman–Crippen MR) is 106 cm³/mol. The number of nitrogens with one attached hydrogen (secondary N) is 3. The first-order chi connectivity index (χ1) is 14.0. The van der Waals surface area contributed by atoms with Crippen LogP contribution in [-0.2, 0) is 22.7 Å². The zero-order chi connectivity index (χ0) is 20.5. The molecule has 7 nitrogen and oxygen atoms in total. The summed E-state index contributed by atoms with van der Waals surface area (Å²) in [7, 11) is 1.74. The Bertz CT molecular complexity index is 965. The van der Waals surface area contributed by atoms with E-state index in [0.717, 1.165) is 11.3 Å². The number of aliphatic hydroxyl groups excluding tert-OH is 1. The summed E-state index contributed by atoms with van der Waals surface area (Å²) in [5.41, 5.74) is 3.60. The zero-order valence-electron chi connectivity index (χ0n) is 16.0. The van der Waals surface area contributed by atoms with E-state index in [1.807, 2.05) is 24.3 Å². The van der Waals surface area contributed by atoms with E-state index in [1.54, 1.807) is 18.0 Å². The third-order valence-corrected chi connectivity index (χ3v) is 5.57. The Kier molecular flexibility index (Phi) is 5.21. The highest BCUT2D eigenvalue weighted by molar-refractivity contribution is 6.00. The number of benzene rings is 2. The molecule has 0 aliphatic carbocycles. The van der Waals surface area contributed by atoms with Gasteiger partial charge < -0.3 is 15.7 Å². The van der Waals surface area contributed by atoms with E-state index >= 15 is 0 Å². The Morgan fingerprint density at radius 1 is 1.28 bits per heavy atom. The number of imide groups is 1. The molecule has 152 valence electrons. The Hall–Kier alpha value is -2.97. The van der Waals surface area contributed by atoms with Crippen LogP contribution in [0, 0.1) is 5.82 Å². The normalized spacial score (nSPS) is 21.6. The van der Waals surface area contributed by atoms with Crippen LogP contribution in [0.4, 0.5) is 15.8 Å². The molecular formula is C21H23FN4O3. The van der Waals surface area contributed by atoms with Crippen LogP contribution in [0.1, 0.15) is 35.8 Å². The molecule has 1 fully saturated rings. The van der Waals surface area contributed by atoms with Crippen LogP contribution in [0.15, 0.2) is 36.4 Å². The molecule has 2 aromatic carbocycles. The van der Waals surface area contributed by atoms with Crippen molar-refractivity contribution in [3.05, 3.63) is 58.9 Å². The third-order valence-electron chi connectivity index (χ3n) is 5.57. The van der Waals surface area contributed by atoms with Gasteiger partial charge in [0.15, 0.2) is 0 Å². The average molecular weight is 398 g/mol. The fraction of sp³-hybridized carbons (Fsp3) is 0.333. The summed E-state index contributed by atoms with van der Waals surface area (Å²) in [6.07, 6.45) is -0.299. The lowest BCUT2D eigenvalue weighted by Crippen LogP contribution is -2.51. The Balaban J connectivity index is 1.52. The SMILES string of the molecule is CNc1ccc(CNc2cccc3c2CN(C2CCC(=O)NC2=O)C3O)c(F)c1. The van der Waals surface area contributed by atoms with Crippen molar-refractivity contribution in [1.29, 1.82) is 0 Å². The standard InChI is InChI=1S/C21H23FN4O3/c1-23-13-6-5-12(16(22)9-13)10-24-17-4-2-3-14-15(17)11-26(21(14)29)18-7-8-19(27)25-20(18)28/h2-6,9,18,21,23-24,29H,7-8,10-11H2,1H3,(H,25,27,28). The van der Waals surface area contributed by atoms with Gasteiger partial charge in [0.1, 0.15) is 12.0 Å². The van der Waals surface area contributed by atoms with Gasteiger partial charge >= 0.3 is 0 Å². The smallest absolute Gasteiger partial charge is 0.244 e. The summed E-state index contributed by atoms with van der Waals surface area (Å²) in [6, 6.07) is 9.93. The highest BCUT2D eigenvalue weighted by atomic mass is 19.1. The van der Waals surface area contributed by atoms with E-state index in [4.69, 9.17) is 0 Å². The van der Waals surface area contributed by atoms with Crippen LogP contribution in [0.2, 0.25) is 0 Å². The second-order valence-electron chi connectivity index (χ2n) is 7.30. The number of rotatable bonds is 5. The van der Waals surface area contributed by atoms with Crippen molar-refractivity contribution in [2.75, 3.05) is 17.7 Å². The first-order valence-corrected chi connectivity index (χ1v) is 9.57. The molecule has 2 atom stereocenters. The highest BCUT2D eigenvalue weighted by Gasteiger charge is 2.40. The molecule has 1 saturated heterocycles. The van der Waals surface area contributed by atoms with Crippen molar-refractivity contribution >= 4 is 23.2 Å². The molecule has 8 heteroatoms. The summed E-state index contributed by atoms with van der Waals surface area (Å²) in [5.74, 6) is -0.970. The van der Waals surface area contributed by atoms with Gasteiger partial charge in [0.25, 0.3) is 0 Å². The Morgan fingerprint density at radius 3 is 2.83 bits per heavy atom. The minimum absolute atomic E-state index is 0.253. The van der Waals surface area contributed by atoms with Gasteiger partial charge in [-0.1, -0.05) is 18.2 Å². The third kappa shape index (κ3) is 3.68. The Labute approximate surface area is 167 Å². The zero-order valence-corrected chi connectivity index (χ0v) is 16.0. The lowest BCUT2D eigenvalue weighted by Gasteiger charge is -2.31. The summed E-state index contributed by atoms with van der Waals surface area (Å²) in [4.78, 5) is 25.3. The first kappa shape index (κ1) is 19.4. The van der Waals surface area contributed by atoms with Crippen LogP contribution in [-0.4, -0.2) is 34.9 Å². The van der Waals surface area contributed by atoms with Gasteiger partial charge in [0, 0.05) is 49.1 Å². The molecule has 2 amide bonds. The van der Waals surface area contributed by atoms with Crippen molar-refractivity contribution in [3.63, 3.8) is 0 Å². The van der Waals surface area contributed by atoms with E-state index < -0.39 is 12.3 Å². The number of piperidine rings is 1. The topological polar surface area (TPSA) is 93.7 Å². The first-order valence-electron chi connectivity index (χ1n) is 9.57. The van der Waals surface area contributed by atoms with Crippen LogP contribution in [0.25, 0.3) is 0 Å². The molecule has 2 heterocycles. The lowest BCUT2D eigenvalue weighted by molar-refractivity contribution is -0.141. The van der Waals surface area contributed by atoms with E-state index in [1.165, 1.54) is 6.07 Å². The van der Waals surface area contributed by atoms with Gasteiger partial charge in [-0.25, -0.2) is 4.39 Å². The number of carbonyl (C=O) groups excluding carboxylic acids is 2. The minimum Gasteiger partial charge on any atom is -0.388 e. The second-order valence-corrected chi connectivity index (χ2v) is 7.30. The molecule has 0 radical (unpaired) electrons. The Morgan fingerprint density at radius 2 is 2.10 bits per heavy atom. The fourth-order valence-corrected chi connectivity index (χ4v) is 3.95. The van der Waals surface area contributed by atoms with Crippen molar-refractivity contribution in [1.82, 2.24) is 10.2 Å². The maximum Gasteiger partial charge on any atom is 0.244 e. The fourth-order valence-electron chi connectivity index (χ4n) is 3.95. The molecule has 2 aromatic rings. The van der Waals surface area contributed by atoms with E-state index in [0.29, 0.717) is 36.3 Å². The number of amides is 2. The van der Waals surface area contributed by atoms with E-state index in [-0.39, 0.29) is 24.1 Å². The van der Waals surface area contributed by atoms with Crippen molar-refractivity contribution in [3.8, 4) is 0 Å². The number of carbonyl (C=O) groups is 2. The highest BCUT2D eigenvalue weighted by Crippen LogP contribution is 2.38. The van der Waals surface area contributed by atoms with Crippen LogP contribution in [0.5, 0.6) is 0 Å². The average Bonchev–Trinajstić information content (AvgIpc) is 3.04. The van der Waals surface area contributed by atoms with Crippen LogP contribution >= 0.6 is 0 Å². The maximum atomic E-state index is 14.3. The number of hydrogen-bond donors (Lipinski definition) is 4. The summed E-state index contributed by atoms with van der Waals surface area (Å²) >= 11 is 0. The number of fused-ring (bicyclic) bond motifs is 1. The van der Waals surface area contributed by atoms with E-state index in [9.17, 15) is 19.1 Å². The number of nitrogens with zero attached hydrogens (tertiary/aromatic N) is 1. The van der Waals surface area contributed by atoms with Gasteiger partial charge in [0.05, 0.1) is 6.04 Å². The van der Waals surface area contributed by atoms with E-state index in [2.05, 4.69) is 16.0 Å². The molecule has 0 spiro atoms. The lowest BCUT2D eigenvalue weighted by atomic mass is 10.0. The summed E-state index contributed by atoms with van der Waals surface area (Å²) < 4.78 is 14.3. The monoisotopic (exact) mass is 398 g/mol.